The average Bonchev–Trinajstić information content (AvgIpc) is 3.01. The van der Waals surface area contributed by atoms with Crippen LogP contribution in [0.2, 0.25) is 0 Å². The third kappa shape index (κ3) is 1.94. The van der Waals surface area contributed by atoms with E-state index < -0.39 is 0 Å². The van der Waals surface area contributed by atoms with E-state index in [-0.39, 0.29) is 5.56 Å². The van der Waals surface area contributed by atoms with Crippen LogP contribution in [0.1, 0.15) is 28.1 Å². The lowest BCUT2D eigenvalue weighted by Crippen LogP contribution is -2.12. The van der Waals surface area contributed by atoms with Crippen LogP contribution < -0.4 is 5.56 Å². The molecule has 0 aliphatic carbocycles. The van der Waals surface area contributed by atoms with Gasteiger partial charge in [0.15, 0.2) is 0 Å². The van der Waals surface area contributed by atoms with Gasteiger partial charge in [-0.05, 0) is 63.4 Å². The maximum absolute atomic E-state index is 12.3. The van der Waals surface area contributed by atoms with E-state index in [4.69, 9.17) is 0 Å². The van der Waals surface area contributed by atoms with Gasteiger partial charge >= 0.3 is 0 Å². The molecule has 0 atom stereocenters. The number of nitrogens with zero attached hydrogens (tertiary/aromatic N) is 3. The fourth-order valence-electron chi connectivity index (χ4n) is 3.28. The summed E-state index contributed by atoms with van der Waals surface area (Å²) in [6.07, 6.45) is 4.27. The van der Waals surface area contributed by atoms with Crippen molar-refractivity contribution in [1.82, 2.24) is 18.9 Å². The van der Waals surface area contributed by atoms with Gasteiger partial charge in [0.2, 0.25) is 5.65 Å². The Morgan fingerprint density at radius 3 is 2.29 bits per heavy atom. The van der Waals surface area contributed by atoms with E-state index in [1.807, 2.05) is 24.3 Å². The third-order valence-electron chi connectivity index (χ3n) is 4.92. The summed E-state index contributed by atoms with van der Waals surface area (Å²) < 4.78 is 4.10. The van der Waals surface area contributed by atoms with Gasteiger partial charge in [-0.3, -0.25) is 9.20 Å². The number of benzene rings is 1. The van der Waals surface area contributed by atoms with E-state index in [1.165, 1.54) is 11.1 Å². The molecule has 5 nitrogen and oxygen atoms in total. The first-order chi connectivity index (χ1) is 11.4. The molecule has 3 heterocycles. The summed E-state index contributed by atoms with van der Waals surface area (Å²) in [7, 11) is 0. The Morgan fingerprint density at radius 2 is 1.62 bits per heavy atom. The molecular weight excluding hydrogens is 300 g/mol. The highest BCUT2D eigenvalue weighted by atomic mass is 16.1. The normalized spacial score (nSPS) is 11.7. The number of nitrogens with one attached hydrogen (secondary N) is 1. The maximum Gasteiger partial charge on any atom is 0.292 e. The standard InChI is InChI=1S/C19H20N4O/c1-10-6-15-17(7-16(10)22-8-11(2)12(3)9-22)23-14(5)13(4)20-18(23)19(24)21-15/h6-9H,1-5H3,(H,21,24). The van der Waals surface area contributed by atoms with Gasteiger partial charge in [0.05, 0.1) is 22.4 Å². The first-order valence-corrected chi connectivity index (χ1v) is 8.04. The second-order valence-electron chi connectivity index (χ2n) is 6.58. The molecule has 0 saturated heterocycles. The number of hydrogen-bond acceptors (Lipinski definition) is 2. The molecule has 0 amide bonds. The van der Waals surface area contributed by atoms with Gasteiger partial charge < -0.3 is 9.55 Å². The van der Waals surface area contributed by atoms with Gasteiger partial charge in [0, 0.05) is 18.1 Å². The minimum Gasteiger partial charge on any atom is -0.323 e. The Labute approximate surface area is 139 Å². The van der Waals surface area contributed by atoms with Crippen LogP contribution in [0.4, 0.5) is 0 Å². The Balaban J connectivity index is 2.15. The molecular formula is C19H20N4O. The molecule has 1 N–H and O–H groups in total. The van der Waals surface area contributed by atoms with Gasteiger partial charge in [0.25, 0.3) is 5.56 Å². The third-order valence-corrected chi connectivity index (χ3v) is 4.92. The molecule has 5 heteroatoms. The van der Waals surface area contributed by atoms with Gasteiger partial charge in [-0.1, -0.05) is 0 Å². The number of fused-ring (bicyclic) bond motifs is 3. The topological polar surface area (TPSA) is 55.1 Å². The summed E-state index contributed by atoms with van der Waals surface area (Å²) in [5, 5.41) is 0. The zero-order chi connectivity index (χ0) is 17.2. The van der Waals surface area contributed by atoms with Gasteiger partial charge in [-0.15, -0.1) is 0 Å². The van der Waals surface area contributed by atoms with E-state index in [2.05, 4.69) is 53.8 Å². The summed E-state index contributed by atoms with van der Waals surface area (Å²) in [6.45, 7) is 10.2. The number of imidazole rings is 1. The van der Waals surface area contributed by atoms with Crippen LogP contribution in [0.15, 0.2) is 29.3 Å². The molecule has 0 radical (unpaired) electrons. The monoisotopic (exact) mass is 320 g/mol. The lowest BCUT2D eigenvalue weighted by atomic mass is 10.1. The number of aryl methyl sites for hydroxylation is 5. The fraction of sp³-hybridized carbons (Fsp3) is 0.263. The SMILES string of the molecule is Cc1cn(-c2cc3c(cc2C)[nH]c(=O)c2nc(C)c(C)n23)cc1C. The lowest BCUT2D eigenvalue weighted by molar-refractivity contribution is 1.04. The van der Waals surface area contributed by atoms with Crippen molar-refractivity contribution in [3.05, 3.63) is 63.0 Å². The second-order valence-corrected chi connectivity index (χ2v) is 6.58. The van der Waals surface area contributed by atoms with Gasteiger partial charge in [0.1, 0.15) is 0 Å². The molecule has 0 saturated carbocycles. The zero-order valence-electron chi connectivity index (χ0n) is 14.6. The molecule has 122 valence electrons. The highest BCUT2D eigenvalue weighted by Gasteiger charge is 2.14. The van der Waals surface area contributed by atoms with Crippen LogP contribution in [0.25, 0.3) is 22.4 Å². The summed E-state index contributed by atoms with van der Waals surface area (Å²) in [4.78, 5) is 19.7. The van der Waals surface area contributed by atoms with Crippen molar-refractivity contribution in [2.24, 2.45) is 0 Å². The van der Waals surface area contributed by atoms with Crippen LogP contribution in [0.3, 0.4) is 0 Å². The van der Waals surface area contributed by atoms with Crippen molar-refractivity contribution in [2.75, 3.05) is 0 Å². The predicted octanol–water partition coefficient (Wildman–Crippen LogP) is 3.51. The van der Waals surface area contributed by atoms with Crippen molar-refractivity contribution in [1.29, 1.82) is 0 Å². The Hall–Kier alpha value is -2.82. The number of aromatic nitrogens is 4. The summed E-state index contributed by atoms with van der Waals surface area (Å²) in [6, 6.07) is 4.16. The minimum absolute atomic E-state index is 0.154. The van der Waals surface area contributed by atoms with Crippen LogP contribution in [0.5, 0.6) is 0 Å². The van der Waals surface area contributed by atoms with Crippen LogP contribution in [-0.2, 0) is 0 Å². The zero-order valence-corrected chi connectivity index (χ0v) is 14.6. The van der Waals surface area contributed by atoms with E-state index >= 15 is 0 Å². The molecule has 0 aliphatic rings. The minimum atomic E-state index is -0.154. The molecule has 0 unspecified atom stereocenters. The lowest BCUT2D eigenvalue weighted by Gasteiger charge is -2.11. The predicted molar refractivity (Wildman–Crippen MR) is 96.3 cm³/mol. The van der Waals surface area contributed by atoms with Crippen LogP contribution in [-0.4, -0.2) is 18.9 Å². The van der Waals surface area contributed by atoms with Crippen LogP contribution >= 0.6 is 0 Å². The fourth-order valence-corrected chi connectivity index (χ4v) is 3.28. The molecule has 0 aliphatic heterocycles. The molecule has 1 aromatic carbocycles. The number of H-pyrrole nitrogens is 1. The average molecular weight is 320 g/mol. The summed E-state index contributed by atoms with van der Waals surface area (Å²) >= 11 is 0. The highest BCUT2D eigenvalue weighted by molar-refractivity contribution is 5.81. The van der Waals surface area contributed by atoms with Gasteiger partial charge in [-0.2, -0.15) is 0 Å². The molecule has 0 bridgehead atoms. The first kappa shape index (κ1) is 14.8. The molecule has 4 rings (SSSR count). The molecule has 4 aromatic rings. The maximum atomic E-state index is 12.3. The van der Waals surface area contributed by atoms with E-state index in [0.717, 1.165) is 33.7 Å². The second kappa shape index (κ2) is 4.84. The quantitative estimate of drug-likeness (QED) is 0.583. The van der Waals surface area contributed by atoms with Crippen molar-refractivity contribution in [3.8, 4) is 5.69 Å². The van der Waals surface area contributed by atoms with Crippen molar-refractivity contribution < 1.29 is 0 Å². The molecule has 3 aromatic heterocycles. The number of rotatable bonds is 1. The van der Waals surface area contributed by atoms with E-state index in [1.54, 1.807) is 0 Å². The number of aromatic amines is 1. The highest BCUT2D eigenvalue weighted by Crippen LogP contribution is 2.24. The molecule has 24 heavy (non-hydrogen) atoms. The van der Waals surface area contributed by atoms with Crippen molar-refractivity contribution in [2.45, 2.75) is 34.6 Å². The van der Waals surface area contributed by atoms with Crippen LogP contribution in [0, 0.1) is 34.6 Å². The van der Waals surface area contributed by atoms with Crippen molar-refractivity contribution in [3.63, 3.8) is 0 Å². The number of hydrogen-bond donors (Lipinski definition) is 1. The van der Waals surface area contributed by atoms with Crippen molar-refractivity contribution >= 4 is 16.7 Å². The molecule has 0 fully saturated rings. The summed E-state index contributed by atoms with van der Waals surface area (Å²) in [5.41, 5.74) is 8.71. The van der Waals surface area contributed by atoms with Gasteiger partial charge in [-0.25, -0.2) is 4.98 Å². The largest absolute Gasteiger partial charge is 0.323 e. The first-order valence-electron chi connectivity index (χ1n) is 8.04. The Morgan fingerprint density at radius 1 is 0.958 bits per heavy atom. The Bertz CT molecular complexity index is 1150. The smallest absolute Gasteiger partial charge is 0.292 e. The molecule has 0 spiro atoms. The van der Waals surface area contributed by atoms with E-state index in [0.29, 0.717) is 5.65 Å². The van der Waals surface area contributed by atoms with E-state index in [9.17, 15) is 4.79 Å². The Kier molecular flexibility index (Phi) is 2.97. The summed E-state index contributed by atoms with van der Waals surface area (Å²) in [5.74, 6) is 0.